The fourth-order valence-corrected chi connectivity index (χ4v) is 4.30. The predicted molar refractivity (Wildman–Crippen MR) is 116 cm³/mol. The van der Waals surface area contributed by atoms with Gasteiger partial charge >= 0.3 is 0 Å². The maximum absolute atomic E-state index is 13.1. The second kappa shape index (κ2) is 9.43. The Bertz CT molecular complexity index is 836. The van der Waals surface area contributed by atoms with Crippen LogP contribution in [0.1, 0.15) is 18.4 Å². The van der Waals surface area contributed by atoms with E-state index in [4.69, 9.17) is 0 Å². The van der Waals surface area contributed by atoms with Crippen molar-refractivity contribution in [2.24, 2.45) is 0 Å². The van der Waals surface area contributed by atoms with Gasteiger partial charge in [-0.05, 0) is 36.1 Å². The van der Waals surface area contributed by atoms with Crippen molar-refractivity contribution in [1.82, 2.24) is 15.1 Å². The Kier molecular flexibility index (Phi) is 6.97. The molecule has 6 heteroatoms. The summed E-state index contributed by atoms with van der Waals surface area (Å²) in [5.74, 6) is 1.01. The Balaban J connectivity index is 1.62. The summed E-state index contributed by atoms with van der Waals surface area (Å²) in [5, 5.41) is 5.45. The lowest BCUT2D eigenvalue weighted by Crippen LogP contribution is -2.42. The Morgan fingerprint density at radius 3 is 2.75 bits per heavy atom. The molecule has 150 valence electrons. The van der Waals surface area contributed by atoms with Crippen LogP contribution in [0.25, 0.3) is 10.8 Å². The minimum Gasteiger partial charge on any atom is -0.352 e. The number of carbonyl (C=O) groups excluding carboxylic acids is 2. The highest BCUT2D eigenvalue weighted by atomic mass is 32.2. The van der Waals surface area contributed by atoms with Crippen LogP contribution in [0.5, 0.6) is 0 Å². The molecule has 1 N–H and O–H groups in total. The Morgan fingerprint density at radius 2 is 1.96 bits per heavy atom. The number of hydrogen-bond acceptors (Lipinski definition) is 4. The summed E-state index contributed by atoms with van der Waals surface area (Å²) >= 11 is 1.67. The molecule has 0 spiro atoms. The number of thioether (sulfide) groups is 1. The van der Waals surface area contributed by atoms with Gasteiger partial charge in [0, 0.05) is 38.4 Å². The number of benzene rings is 2. The first-order valence-electron chi connectivity index (χ1n) is 9.69. The second-order valence-electron chi connectivity index (χ2n) is 7.53. The van der Waals surface area contributed by atoms with Gasteiger partial charge in [0.05, 0.1) is 6.04 Å². The molecule has 0 unspecified atom stereocenters. The van der Waals surface area contributed by atoms with E-state index in [0.29, 0.717) is 25.9 Å². The van der Waals surface area contributed by atoms with Crippen LogP contribution in [-0.2, 0) is 16.1 Å². The summed E-state index contributed by atoms with van der Waals surface area (Å²) in [4.78, 5) is 28.9. The molecule has 3 rings (SSSR count). The fourth-order valence-electron chi connectivity index (χ4n) is 3.91. The molecule has 2 atom stereocenters. The lowest BCUT2D eigenvalue weighted by atomic mass is 10.0. The monoisotopic (exact) mass is 399 g/mol. The average molecular weight is 400 g/mol. The van der Waals surface area contributed by atoms with Crippen LogP contribution in [-0.4, -0.2) is 66.3 Å². The molecule has 1 saturated heterocycles. The van der Waals surface area contributed by atoms with Gasteiger partial charge in [0.15, 0.2) is 0 Å². The first kappa shape index (κ1) is 20.7. The SMILES string of the molecule is CSCCC(=O)N[C@H]1C[C@@H](C(=O)N(C)Cc2cccc3ccccc23)N(C)C1. The van der Waals surface area contributed by atoms with Gasteiger partial charge in [0.2, 0.25) is 11.8 Å². The number of fused-ring (bicyclic) bond motifs is 1. The molecular formula is C22H29N3O2S. The van der Waals surface area contributed by atoms with Crippen LogP contribution < -0.4 is 5.32 Å². The van der Waals surface area contributed by atoms with Crippen molar-refractivity contribution in [1.29, 1.82) is 0 Å². The van der Waals surface area contributed by atoms with E-state index in [9.17, 15) is 9.59 Å². The van der Waals surface area contributed by atoms with Crippen molar-refractivity contribution in [3.63, 3.8) is 0 Å². The highest BCUT2D eigenvalue weighted by Gasteiger charge is 2.36. The van der Waals surface area contributed by atoms with Crippen molar-refractivity contribution in [3.8, 4) is 0 Å². The molecule has 0 aliphatic carbocycles. The number of likely N-dealkylation sites (tertiary alicyclic amines) is 1. The van der Waals surface area contributed by atoms with Crippen molar-refractivity contribution in [2.45, 2.75) is 31.5 Å². The fraction of sp³-hybridized carbons (Fsp3) is 0.455. The third-order valence-electron chi connectivity index (χ3n) is 5.40. The van der Waals surface area contributed by atoms with E-state index in [1.807, 2.05) is 38.6 Å². The molecule has 0 aromatic heterocycles. The first-order valence-corrected chi connectivity index (χ1v) is 11.1. The zero-order chi connectivity index (χ0) is 20.1. The molecule has 1 fully saturated rings. The van der Waals surface area contributed by atoms with E-state index in [2.05, 4.69) is 34.5 Å². The normalized spacial score (nSPS) is 19.7. The van der Waals surface area contributed by atoms with Crippen LogP contribution in [0.3, 0.4) is 0 Å². The average Bonchev–Trinajstić information content (AvgIpc) is 3.05. The van der Waals surface area contributed by atoms with E-state index >= 15 is 0 Å². The third-order valence-corrected chi connectivity index (χ3v) is 6.01. The maximum atomic E-state index is 13.1. The van der Waals surface area contributed by atoms with Gasteiger partial charge in [0.25, 0.3) is 0 Å². The van der Waals surface area contributed by atoms with Crippen LogP contribution in [0, 0.1) is 0 Å². The number of carbonyl (C=O) groups is 2. The number of nitrogens with zero attached hydrogens (tertiary/aromatic N) is 2. The molecule has 1 aliphatic rings. The van der Waals surface area contributed by atoms with Crippen molar-refractivity contribution in [3.05, 3.63) is 48.0 Å². The quantitative estimate of drug-likeness (QED) is 0.778. The molecule has 0 radical (unpaired) electrons. The zero-order valence-electron chi connectivity index (χ0n) is 16.9. The number of nitrogens with one attached hydrogen (secondary N) is 1. The molecule has 2 aromatic rings. The molecule has 1 aliphatic heterocycles. The Morgan fingerprint density at radius 1 is 1.21 bits per heavy atom. The van der Waals surface area contributed by atoms with Crippen LogP contribution in [0.15, 0.2) is 42.5 Å². The summed E-state index contributed by atoms with van der Waals surface area (Å²) in [5.41, 5.74) is 1.15. The first-order chi connectivity index (χ1) is 13.5. The summed E-state index contributed by atoms with van der Waals surface area (Å²) in [6.07, 6.45) is 3.19. The lowest BCUT2D eigenvalue weighted by Gasteiger charge is -2.25. The highest BCUT2D eigenvalue weighted by molar-refractivity contribution is 7.98. The van der Waals surface area contributed by atoms with Gasteiger partial charge in [-0.3, -0.25) is 14.5 Å². The molecule has 5 nitrogen and oxygen atoms in total. The Hall–Kier alpha value is -2.05. The largest absolute Gasteiger partial charge is 0.352 e. The van der Waals surface area contributed by atoms with Crippen molar-refractivity contribution >= 4 is 34.3 Å². The van der Waals surface area contributed by atoms with Crippen LogP contribution in [0.2, 0.25) is 0 Å². The number of likely N-dealkylation sites (N-methyl/N-ethyl adjacent to an activating group) is 2. The van der Waals surface area contributed by atoms with Gasteiger partial charge < -0.3 is 10.2 Å². The van der Waals surface area contributed by atoms with E-state index in [-0.39, 0.29) is 23.9 Å². The highest BCUT2D eigenvalue weighted by Crippen LogP contribution is 2.22. The molecule has 28 heavy (non-hydrogen) atoms. The number of rotatable bonds is 7. The smallest absolute Gasteiger partial charge is 0.240 e. The molecule has 2 aromatic carbocycles. The number of amides is 2. The topological polar surface area (TPSA) is 52.7 Å². The molecular weight excluding hydrogens is 370 g/mol. The minimum absolute atomic E-state index is 0.0410. The summed E-state index contributed by atoms with van der Waals surface area (Å²) in [7, 11) is 3.82. The molecule has 1 heterocycles. The predicted octanol–water partition coefficient (Wildman–Crippen LogP) is 2.74. The van der Waals surface area contributed by atoms with E-state index < -0.39 is 0 Å². The van der Waals surface area contributed by atoms with Gasteiger partial charge in [-0.15, -0.1) is 0 Å². The summed E-state index contributed by atoms with van der Waals surface area (Å²) < 4.78 is 0. The van der Waals surface area contributed by atoms with Crippen molar-refractivity contribution in [2.75, 3.05) is 32.6 Å². The number of hydrogen-bond donors (Lipinski definition) is 1. The van der Waals surface area contributed by atoms with Gasteiger partial charge in [0.1, 0.15) is 0 Å². The summed E-state index contributed by atoms with van der Waals surface area (Å²) in [6, 6.07) is 14.3. The lowest BCUT2D eigenvalue weighted by molar-refractivity contribution is -0.134. The van der Waals surface area contributed by atoms with Crippen LogP contribution >= 0.6 is 11.8 Å². The summed E-state index contributed by atoms with van der Waals surface area (Å²) in [6.45, 7) is 1.29. The van der Waals surface area contributed by atoms with E-state index in [0.717, 1.165) is 11.3 Å². The zero-order valence-corrected chi connectivity index (χ0v) is 17.7. The van der Waals surface area contributed by atoms with Gasteiger partial charge in [-0.1, -0.05) is 42.5 Å². The maximum Gasteiger partial charge on any atom is 0.240 e. The second-order valence-corrected chi connectivity index (χ2v) is 8.52. The molecule has 0 saturated carbocycles. The standard InChI is InChI=1S/C22H29N3O2S/c1-24-15-18(23-21(26)11-12-28-3)13-20(24)22(27)25(2)14-17-9-6-8-16-7-4-5-10-19(16)17/h4-10,18,20H,11-15H2,1-3H3,(H,23,26)/t18-,20-/m0/s1. The van der Waals surface area contributed by atoms with Gasteiger partial charge in [-0.2, -0.15) is 11.8 Å². The minimum atomic E-state index is -0.189. The van der Waals surface area contributed by atoms with Crippen molar-refractivity contribution < 1.29 is 9.59 Å². The Labute approximate surface area is 171 Å². The molecule has 0 bridgehead atoms. The van der Waals surface area contributed by atoms with E-state index in [1.165, 1.54) is 10.8 Å². The van der Waals surface area contributed by atoms with E-state index in [1.54, 1.807) is 16.7 Å². The van der Waals surface area contributed by atoms with Crippen LogP contribution in [0.4, 0.5) is 0 Å². The third kappa shape index (κ3) is 4.86. The molecule has 2 amide bonds. The van der Waals surface area contributed by atoms with Gasteiger partial charge in [-0.25, -0.2) is 0 Å².